The van der Waals surface area contributed by atoms with Crippen LogP contribution in [0.5, 0.6) is 0 Å². The maximum atomic E-state index is 12.5. The van der Waals surface area contributed by atoms with Crippen molar-refractivity contribution in [3.63, 3.8) is 0 Å². The standard InChI is InChI=1S/C23H24N4O2S/c1-3-14-27-22(19-12-8-5-9-13-19)25-26-23(27)30-16-21(29)24-20(17(2)28)15-18-10-6-4-7-11-18/h3-13,20H,1,14-16H2,2H3,(H,24,29)/t20-/m1/s1. The Kier molecular flexibility index (Phi) is 7.57. The number of ketones is 1. The van der Waals surface area contributed by atoms with Gasteiger partial charge in [-0.3, -0.25) is 14.2 Å². The average Bonchev–Trinajstić information content (AvgIpc) is 3.16. The van der Waals surface area contributed by atoms with Crippen LogP contribution in [0.4, 0.5) is 0 Å². The Labute approximate surface area is 180 Å². The number of rotatable bonds is 10. The number of aromatic nitrogens is 3. The quantitative estimate of drug-likeness (QED) is 0.401. The lowest BCUT2D eigenvalue weighted by molar-refractivity contribution is -0.125. The number of hydrogen-bond donors (Lipinski definition) is 1. The van der Waals surface area contributed by atoms with E-state index in [9.17, 15) is 9.59 Å². The van der Waals surface area contributed by atoms with Crippen molar-refractivity contribution < 1.29 is 9.59 Å². The van der Waals surface area contributed by atoms with Crippen molar-refractivity contribution in [2.45, 2.75) is 31.1 Å². The minimum absolute atomic E-state index is 0.0709. The van der Waals surface area contributed by atoms with E-state index >= 15 is 0 Å². The first-order valence-corrected chi connectivity index (χ1v) is 10.6. The molecule has 0 aliphatic carbocycles. The molecule has 0 aliphatic heterocycles. The van der Waals surface area contributed by atoms with Crippen molar-refractivity contribution in [3.05, 3.63) is 78.9 Å². The minimum atomic E-state index is -0.550. The Balaban J connectivity index is 1.65. The number of carbonyl (C=O) groups is 2. The van der Waals surface area contributed by atoms with Gasteiger partial charge in [0.25, 0.3) is 0 Å². The molecule has 1 heterocycles. The van der Waals surface area contributed by atoms with Crippen LogP contribution in [0, 0.1) is 0 Å². The van der Waals surface area contributed by atoms with Crippen molar-refractivity contribution >= 4 is 23.5 Å². The molecule has 0 saturated heterocycles. The molecule has 1 amide bonds. The molecule has 154 valence electrons. The first-order valence-electron chi connectivity index (χ1n) is 9.64. The van der Waals surface area contributed by atoms with Crippen LogP contribution in [0.3, 0.4) is 0 Å². The zero-order chi connectivity index (χ0) is 21.3. The SMILES string of the molecule is C=CCn1c(SCC(=O)N[C@H](Cc2ccccc2)C(C)=O)nnc1-c1ccccc1. The fourth-order valence-corrected chi connectivity index (χ4v) is 3.76. The summed E-state index contributed by atoms with van der Waals surface area (Å²) in [6, 6.07) is 18.8. The maximum absolute atomic E-state index is 12.5. The number of nitrogens with one attached hydrogen (secondary N) is 1. The number of benzene rings is 2. The van der Waals surface area contributed by atoms with Gasteiger partial charge in [0, 0.05) is 12.1 Å². The molecule has 1 aromatic heterocycles. The molecule has 1 N–H and O–H groups in total. The second-order valence-electron chi connectivity index (χ2n) is 6.78. The van der Waals surface area contributed by atoms with E-state index in [1.165, 1.54) is 18.7 Å². The number of Topliss-reactive ketones (excluding diaryl/α,β-unsaturated/α-hetero) is 1. The third-order valence-electron chi connectivity index (χ3n) is 4.50. The van der Waals surface area contributed by atoms with Crippen LogP contribution in [-0.4, -0.2) is 38.2 Å². The number of nitrogens with zero attached hydrogens (tertiary/aromatic N) is 3. The van der Waals surface area contributed by atoms with Gasteiger partial charge < -0.3 is 5.32 Å². The van der Waals surface area contributed by atoms with Crippen molar-refractivity contribution in [2.75, 3.05) is 5.75 Å². The van der Waals surface area contributed by atoms with E-state index in [4.69, 9.17) is 0 Å². The van der Waals surface area contributed by atoms with Crippen LogP contribution < -0.4 is 5.32 Å². The summed E-state index contributed by atoms with van der Waals surface area (Å²) in [4.78, 5) is 24.5. The van der Waals surface area contributed by atoms with Crippen LogP contribution in [0.1, 0.15) is 12.5 Å². The Morgan fingerprint density at radius 3 is 2.40 bits per heavy atom. The Morgan fingerprint density at radius 2 is 1.77 bits per heavy atom. The van der Waals surface area contributed by atoms with Gasteiger partial charge in [-0.05, 0) is 18.9 Å². The summed E-state index contributed by atoms with van der Waals surface area (Å²) in [6.07, 6.45) is 2.24. The maximum Gasteiger partial charge on any atom is 0.231 e. The van der Waals surface area contributed by atoms with E-state index in [1.807, 2.05) is 65.2 Å². The van der Waals surface area contributed by atoms with Gasteiger partial charge >= 0.3 is 0 Å². The molecule has 0 spiro atoms. The lowest BCUT2D eigenvalue weighted by Gasteiger charge is -2.16. The molecule has 0 fully saturated rings. The number of amides is 1. The lowest BCUT2D eigenvalue weighted by atomic mass is 10.0. The van der Waals surface area contributed by atoms with Gasteiger partial charge in [-0.25, -0.2) is 0 Å². The van der Waals surface area contributed by atoms with E-state index in [2.05, 4.69) is 22.1 Å². The van der Waals surface area contributed by atoms with Gasteiger partial charge in [0.15, 0.2) is 16.8 Å². The van der Waals surface area contributed by atoms with E-state index in [0.29, 0.717) is 18.1 Å². The molecule has 0 saturated carbocycles. The first-order chi connectivity index (χ1) is 14.6. The highest BCUT2D eigenvalue weighted by molar-refractivity contribution is 7.99. The molecule has 6 nitrogen and oxygen atoms in total. The smallest absolute Gasteiger partial charge is 0.231 e. The number of carbonyl (C=O) groups excluding carboxylic acids is 2. The molecule has 3 aromatic rings. The van der Waals surface area contributed by atoms with Gasteiger partial charge in [-0.15, -0.1) is 16.8 Å². The lowest BCUT2D eigenvalue weighted by Crippen LogP contribution is -2.42. The van der Waals surface area contributed by atoms with E-state index < -0.39 is 6.04 Å². The first kappa shape index (κ1) is 21.5. The summed E-state index contributed by atoms with van der Waals surface area (Å²) in [5.74, 6) is 0.579. The third kappa shape index (κ3) is 5.67. The van der Waals surface area contributed by atoms with Crippen molar-refractivity contribution in [2.24, 2.45) is 0 Å². The van der Waals surface area contributed by atoms with E-state index in [-0.39, 0.29) is 17.4 Å². The van der Waals surface area contributed by atoms with Crippen LogP contribution in [0.15, 0.2) is 78.5 Å². The largest absolute Gasteiger partial charge is 0.345 e. The van der Waals surface area contributed by atoms with Gasteiger partial charge in [0.1, 0.15) is 0 Å². The minimum Gasteiger partial charge on any atom is -0.345 e. The molecule has 7 heteroatoms. The molecule has 0 unspecified atom stereocenters. The predicted molar refractivity (Wildman–Crippen MR) is 119 cm³/mol. The normalized spacial score (nSPS) is 11.6. The second kappa shape index (κ2) is 10.5. The molecule has 2 aromatic carbocycles. The van der Waals surface area contributed by atoms with Crippen LogP contribution in [-0.2, 0) is 22.6 Å². The Morgan fingerprint density at radius 1 is 1.10 bits per heavy atom. The average molecular weight is 421 g/mol. The van der Waals surface area contributed by atoms with Crippen LogP contribution in [0.25, 0.3) is 11.4 Å². The molecular formula is C23H24N4O2S. The molecule has 1 atom stereocenters. The highest BCUT2D eigenvalue weighted by atomic mass is 32.2. The van der Waals surface area contributed by atoms with Crippen LogP contribution in [0.2, 0.25) is 0 Å². The number of hydrogen-bond acceptors (Lipinski definition) is 5. The molecule has 0 bridgehead atoms. The topological polar surface area (TPSA) is 76.9 Å². The van der Waals surface area contributed by atoms with Crippen molar-refractivity contribution in [1.82, 2.24) is 20.1 Å². The number of allylic oxidation sites excluding steroid dienone is 1. The summed E-state index contributed by atoms with van der Waals surface area (Å²) in [6.45, 7) is 5.83. The predicted octanol–water partition coefficient (Wildman–Crippen LogP) is 3.54. The molecular weight excluding hydrogens is 396 g/mol. The summed E-state index contributed by atoms with van der Waals surface area (Å²) in [5.41, 5.74) is 1.95. The highest BCUT2D eigenvalue weighted by Gasteiger charge is 2.19. The summed E-state index contributed by atoms with van der Waals surface area (Å²) >= 11 is 1.29. The third-order valence-corrected chi connectivity index (χ3v) is 5.47. The number of thioether (sulfide) groups is 1. The van der Waals surface area contributed by atoms with Crippen molar-refractivity contribution in [3.8, 4) is 11.4 Å². The highest BCUT2D eigenvalue weighted by Crippen LogP contribution is 2.23. The Hall–Kier alpha value is -3.19. The summed E-state index contributed by atoms with van der Waals surface area (Å²) < 4.78 is 1.92. The van der Waals surface area contributed by atoms with Gasteiger partial charge in [0.2, 0.25) is 5.91 Å². The molecule has 3 rings (SSSR count). The zero-order valence-corrected chi connectivity index (χ0v) is 17.6. The van der Waals surface area contributed by atoms with Gasteiger partial charge in [-0.2, -0.15) is 0 Å². The van der Waals surface area contributed by atoms with E-state index in [1.54, 1.807) is 6.08 Å². The fraction of sp³-hybridized carbons (Fsp3) is 0.217. The zero-order valence-electron chi connectivity index (χ0n) is 16.8. The van der Waals surface area contributed by atoms with Gasteiger partial charge in [-0.1, -0.05) is 78.5 Å². The second-order valence-corrected chi connectivity index (χ2v) is 7.72. The van der Waals surface area contributed by atoms with Crippen molar-refractivity contribution in [1.29, 1.82) is 0 Å². The van der Waals surface area contributed by atoms with E-state index in [0.717, 1.165) is 17.0 Å². The van der Waals surface area contributed by atoms with Crippen LogP contribution >= 0.6 is 11.8 Å². The Bertz CT molecular complexity index is 1000. The monoisotopic (exact) mass is 420 g/mol. The molecule has 0 aliphatic rings. The summed E-state index contributed by atoms with van der Waals surface area (Å²) in [7, 11) is 0. The van der Waals surface area contributed by atoms with Gasteiger partial charge in [0.05, 0.1) is 11.8 Å². The fourth-order valence-electron chi connectivity index (χ4n) is 3.00. The molecule has 30 heavy (non-hydrogen) atoms. The summed E-state index contributed by atoms with van der Waals surface area (Å²) in [5, 5.41) is 12.0. The molecule has 0 radical (unpaired) electrons.